The molecule has 0 amide bonds. The molecule has 0 aromatic rings. The molecule has 0 heterocycles. The lowest BCUT2D eigenvalue weighted by atomic mass is 10.1. The molecule has 0 aromatic heterocycles. The second-order valence-corrected chi connectivity index (χ2v) is 3.23. The van der Waals surface area contributed by atoms with Crippen molar-refractivity contribution in [2.24, 2.45) is 5.92 Å². The third-order valence-electron chi connectivity index (χ3n) is 2.64. The molecule has 0 aromatic carbocycles. The summed E-state index contributed by atoms with van der Waals surface area (Å²) in [4.78, 5) is 11.1. The van der Waals surface area contributed by atoms with Crippen LogP contribution in [0.1, 0.15) is 25.7 Å². The Morgan fingerprint density at radius 1 is 1.55 bits per heavy atom. The number of hydrogen-bond acceptors (Lipinski definition) is 2. The lowest BCUT2D eigenvalue weighted by Gasteiger charge is -1.97. The summed E-state index contributed by atoms with van der Waals surface area (Å²) < 4.78 is 0. The predicted molar refractivity (Wildman–Crippen MR) is 39.6 cm³/mol. The van der Waals surface area contributed by atoms with Crippen molar-refractivity contribution in [1.82, 2.24) is 0 Å². The minimum Gasteiger partial charge on any atom is -0.293 e. The molecule has 2 aliphatic rings. The van der Waals surface area contributed by atoms with Gasteiger partial charge in [-0.25, -0.2) is 0 Å². The lowest BCUT2D eigenvalue weighted by Crippen LogP contribution is -1.96. The number of nitriles is 1. The summed E-state index contributed by atoms with van der Waals surface area (Å²) in [5, 5.41) is 8.65. The molecule has 1 unspecified atom stereocenters. The Kier molecular flexibility index (Phi) is 1.32. The van der Waals surface area contributed by atoms with Gasteiger partial charge in [-0.2, -0.15) is 5.26 Å². The van der Waals surface area contributed by atoms with Crippen LogP contribution in [0.5, 0.6) is 0 Å². The standard InChI is InChI=1S/C9H9NO/c10-5-8-7-3-1-2-6(7)4-9(8)11/h6H,1-4H2. The monoisotopic (exact) mass is 147 g/mol. The molecule has 11 heavy (non-hydrogen) atoms. The van der Waals surface area contributed by atoms with Crippen LogP contribution in [0.25, 0.3) is 0 Å². The zero-order valence-electron chi connectivity index (χ0n) is 6.26. The molecule has 0 N–H and O–H groups in total. The van der Waals surface area contributed by atoms with Gasteiger partial charge in [0.25, 0.3) is 0 Å². The van der Waals surface area contributed by atoms with E-state index in [-0.39, 0.29) is 5.78 Å². The predicted octanol–water partition coefficient (Wildman–Crippen LogP) is 1.58. The van der Waals surface area contributed by atoms with Gasteiger partial charge in [0.05, 0.1) is 5.57 Å². The molecule has 0 saturated heterocycles. The maximum absolute atomic E-state index is 11.1. The highest BCUT2D eigenvalue weighted by Crippen LogP contribution is 2.41. The number of fused-ring (bicyclic) bond motifs is 1. The number of Topliss-reactive ketones (excluding diaryl/α,β-unsaturated/α-hetero) is 1. The zero-order valence-corrected chi connectivity index (χ0v) is 6.26. The maximum Gasteiger partial charge on any atom is 0.173 e. The van der Waals surface area contributed by atoms with E-state index in [1.54, 1.807) is 0 Å². The SMILES string of the molecule is N#CC1=C2CCCC2CC1=O. The van der Waals surface area contributed by atoms with Crippen molar-refractivity contribution in [2.75, 3.05) is 0 Å². The maximum atomic E-state index is 11.1. The lowest BCUT2D eigenvalue weighted by molar-refractivity contribution is -0.115. The molecule has 1 fully saturated rings. The van der Waals surface area contributed by atoms with Gasteiger partial charge in [-0.1, -0.05) is 0 Å². The molecule has 2 rings (SSSR count). The molecule has 0 spiro atoms. The average Bonchev–Trinajstić information content (AvgIpc) is 2.46. The fourth-order valence-electron chi connectivity index (χ4n) is 2.11. The molecule has 1 atom stereocenters. The summed E-state index contributed by atoms with van der Waals surface area (Å²) in [7, 11) is 0. The van der Waals surface area contributed by atoms with Crippen molar-refractivity contribution in [1.29, 1.82) is 5.26 Å². The van der Waals surface area contributed by atoms with Crippen molar-refractivity contribution in [3.05, 3.63) is 11.1 Å². The first-order valence-corrected chi connectivity index (χ1v) is 3.99. The highest BCUT2D eigenvalue weighted by atomic mass is 16.1. The average molecular weight is 147 g/mol. The van der Waals surface area contributed by atoms with Crippen LogP contribution in [-0.4, -0.2) is 5.78 Å². The van der Waals surface area contributed by atoms with Crippen LogP contribution in [0, 0.1) is 17.2 Å². The molecule has 2 heteroatoms. The Balaban J connectivity index is 2.43. The largest absolute Gasteiger partial charge is 0.293 e. The van der Waals surface area contributed by atoms with E-state index >= 15 is 0 Å². The van der Waals surface area contributed by atoms with Gasteiger partial charge in [0.15, 0.2) is 5.78 Å². The summed E-state index contributed by atoms with van der Waals surface area (Å²) >= 11 is 0. The molecule has 0 bridgehead atoms. The van der Waals surface area contributed by atoms with Crippen LogP contribution in [0.2, 0.25) is 0 Å². The topological polar surface area (TPSA) is 40.9 Å². The molecule has 1 saturated carbocycles. The summed E-state index contributed by atoms with van der Waals surface area (Å²) in [6.07, 6.45) is 3.88. The van der Waals surface area contributed by atoms with Crippen molar-refractivity contribution >= 4 is 5.78 Å². The van der Waals surface area contributed by atoms with E-state index in [1.807, 2.05) is 6.07 Å². The van der Waals surface area contributed by atoms with E-state index < -0.39 is 0 Å². The van der Waals surface area contributed by atoms with Crippen LogP contribution in [0.15, 0.2) is 11.1 Å². The van der Waals surface area contributed by atoms with Gasteiger partial charge in [0.2, 0.25) is 0 Å². The van der Waals surface area contributed by atoms with Gasteiger partial charge >= 0.3 is 0 Å². The molecule has 56 valence electrons. The Morgan fingerprint density at radius 3 is 3.09 bits per heavy atom. The third-order valence-corrected chi connectivity index (χ3v) is 2.64. The van der Waals surface area contributed by atoms with Crippen molar-refractivity contribution < 1.29 is 4.79 Å². The highest BCUT2D eigenvalue weighted by molar-refractivity contribution is 6.02. The van der Waals surface area contributed by atoms with Crippen molar-refractivity contribution in [3.8, 4) is 6.07 Å². The Morgan fingerprint density at radius 2 is 2.36 bits per heavy atom. The summed E-state index contributed by atoms with van der Waals surface area (Å²) in [6, 6.07) is 2.02. The van der Waals surface area contributed by atoms with Gasteiger partial charge in [-0.15, -0.1) is 0 Å². The quantitative estimate of drug-likeness (QED) is 0.522. The first-order valence-electron chi connectivity index (χ1n) is 3.99. The van der Waals surface area contributed by atoms with Gasteiger partial charge in [-0.05, 0) is 30.8 Å². The second-order valence-electron chi connectivity index (χ2n) is 3.23. The fourth-order valence-corrected chi connectivity index (χ4v) is 2.11. The van der Waals surface area contributed by atoms with E-state index in [2.05, 4.69) is 0 Å². The van der Waals surface area contributed by atoms with E-state index in [9.17, 15) is 4.79 Å². The summed E-state index contributed by atoms with van der Waals surface area (Å²) in [6.45, 7) is 0. The highest BCUT2D eigenvalue weighted by Gasteiger charge is 2.34. The molecule has 0 radical (unpaired) electrons. The van der Waals surface area contributed by atoms with E-state index in [1.165, 1.54) is 6.42 Å². The van der Waals surface area contributed by atoms with Gasteiger partial charge < -0.3 is 0 Å². The minimum absolute atomic E-state index is 0.0761. The smallest absolute Gasteiger partial charge is 0.173 e. The number of rotatable bonds is 0. The van der Waals surface area contributed by atoms with Gasteiger partial charge in [0.1, 0.15) is 6.07 Å². The first-order chi connectivity index (χ1) is 5.33. The number of hydrogen-bond donors (Lipinski definition) is 0. The number of allylic oxidation sites excluding steroid dienone is 2. The number of carbonyl (C=O) groups excluding carboxylic acids is 1. The number of ketones is 1. The zero-order chi connectivity index (χ0) is 7.84. The van der Waals surface area contributed by atoms with Gasteiger partial charge in [-0.3, -0.25) is 4.79 Å². The van der Waals surface area contributed by atoms with E-state index in [0.717, 1.165) is 18.4 Å². The molecular weight excluding hydrogens is 138 g/mol. The second kappa shape index (κ2) is 2.20. The normalized spacial score (nSPS) is 29.0. The van der Waals surface area contributed by atoms with Crippen LogP contribution in [0.3, 0.4) is 0 Å². The summed E-state index contributed by atoms with van der Waals surface area (Å²) in [5.74, 6) is 0.518. The Bertz CT molecular complexity index is 282. The minimum atomic E-state index is 0.0761. The molecule has 2 nitrogen and oxygen atoms in total. The van der Waals surface area contributed by atoms with Crippen LogP contribution in [0.4, 0.5) is 0 Å². The van der Waals surface area contributed by atoms with Crippen LogP contribution < -0.4 is 0 Å². The molecular formula is C9H9NO. The van der Waals surface area contributed by atoms with Crippen LogP contribution in [-0.2, 0) is 4.79 Å². The van der Waals surface area contributed by atoms with Gasteiger partial charge in [0, 0.05) is 6.42 Å². The third kappa shape index (κ3) is 0.808. The number of carbonyl (C=O) groups is 1. The van der Waals surface area contributed by atoms with Crippen LogP contribution >= 0.6 is 0 Å². The first kappa shape index (κ1) is 6.60. The Hall–Kier alpha value is -1.10. The molecule has 2 aliphatic carbocycles. The Labute approximate surface area is 65.5 Å². The van der Waals surface area contributed by atoms with E-state index in [0.29, 0.717) is 17.9 Å². The van der Waals surface area contributed by atoms with Crippen molar-refractivity contribution in [3.63, 3.8) is 0 Å². The molecule has 0 aliphatic heterocycles. The van der Waals surface area contributed by atoms with Crippen molar-refractivity contribution in [2.45, 2.75) is 25.7 Å². The number of nitrogens with zero attached hydrogens (tertiary/aromatic N) is 1. The van der Waals surface area contributed by atoms with E-state index in [4.69, 9.17) is 5.26 Å². The summed E-state index contributed by atoms with van der Waals surface area (Å²) in [5.41, 5.74) is 1.63. The fraction of sp³-hybridized carbons (Fsp3) is 0.556.